The van der Waals surface area contributed by atoms with Crippen molar-refractivity contribution in [1.29, 1.82) is 0 Å². The Morgan fingerprint density at radius 3 is 1.50 bits per heavy atom. The number of hydrogen-bond acceptors (Lipinski definition) is 1. The van der Waals surface area contributed by atoms with E-state index in [1.165, 1.54) is 0 Å². The van der Waals surface area contributed by atoms with Crippen LogP contribution in [0.15, 0.2) is 95.6 Å². The van der Waals surface area contributed by atoms with Gasteiger partial charge in [-0.2, -0.15) is 0 Å². The second-order valence-corrected chi connectivity index (χ2v) is 7.23. The van der Waals surface area contributed by atoms with Crippen molar-refractivity contribution in [2.45, 2.75) is 0 Å². The summed E-state index contributed by atoms with van der Waals surface area (Å²) in [6.45, 7) is 0. The van der Waals surface area contributed by atoms with Gasteiger partial charge in [-0.15, -0.1) is 0 Å². The van der Waals surface area contributed by atoms with Crippen molar-refractivity contribution in [3.8, 4) is 33.5 Å². The van der Waals surface area contributed by atoms with Crippen LogP contribution in [0.5, 0.6) is 0 Å². The number of nitrogens with zero attached hydrogens (tertiary/aromatic N) is 1. The van der Waals surface area contributed by atoms with E-state index in [0.29, 0.717) is 0 Å². The van der Waals surface area contributed by atoms with Gasteiger partial charge in [0, 0.05) is 11.1 Å². The van der Waals surface area contributed by atoms with Gasteiger partial charge in [-0.05, 0) is 37.8 Å². The average Bonchev–Trinajstić information content (AvgIpc) is 2.71. The maximum atomic E-state index is 4.87. The minimum absolute atomic E-state index is 0.836. The van der Waals surface area contributed by atoms with Crippen LogP contribution in [-0.4, -0.2) is 15.2 Å². The molecule has 3 heteroatoms. The Morgan fingerprint density at radius 2 is 1.00 bits per heavy atom. The molecule has 1 heterocycles. The summed E-state index contributed by atoms with van der Waals surface area (Å²) in [7, 11) is 3.92. The highest BCUT2D eigenvalue weighted by molar-refractivity contribution is 9.10. The molecule has 1 nitrogen and oxygen atoms in total. The fraction of sp³-hybridized carbons (Fsp3) is 0. The minimum Gasteiger partial charge on any atom is -0.240 e. The van der Waals surface area contributed by atoms with Crippen LogP contribution in [-0.2, 0) is 0 Å². The number of aromatic nitrogens is 1. The standard InChI is InChI=1S/C23H15BrNSi/c24-23-20(17-12-6-2-7-13-17)19(16-10-4-1-5-11-16)22(26)21(25-23)18-14-8-3-9-15-18/h1-15H. The molecule has 1 aromatic heterocycles. The van der Waals surface area contributed by atoms with E-state index < -0.39 is 0 Å². The molecule has 3 aromatic carbocycles. The zero-order valence-corrected chi connectivity index (χ0v) is 16.6. The number of pyridine rings is 1. The summed E-state index contributed by atoms with van der Waals surface area (Å²) in [6, 6.07) is 31.0. The largest absolute Gasteiger partial charge is 0.240 e. The van der Waals surface area contributed by atoms with Gasteiger partial charge in [0.05, 0.1) is 15.9 Å². The smallest absolute Gasteiger partial charge is 0.115 e. The van der Waals surface area contributed by atoms with Crippen molar-refractivity contribution in [3.63, 3.8) is 0 Å². The summed E-state index contributed by atoms with van der Waals surface area (Å²) < 4.78 is 0.836. The first-order chi connectivity index (χ1) is 12.8. The van der Waals surface area contributed by atoms with Gasteiger partial charge in [-0.3, -0.25) is 0 Å². The van der Waals surface area contributed by atoms with Crippen molar-refractivity contribution < 1.29 is 0 Å². The predicted molar refractivity (Wildman–Crippen MR) is 114 cm³/mol. The van der Waals surface area contributed by atoms with E-state index in [0.717, 1.165) is 43.3 Å². The first-order valence-corrected chi connectivity index (χ1v) is 9.66. The van der Waals surface area contributed by atoms with Crippen LogP contribution in [0.1, 0.15) is 0 Å². The molecule has 4 aromatic rings. The molecule has 0 aliphatic carbocycles. The number of halogens is 1. The van der Waals surface area contributed by atoms with Crippen LogP contribution < -0.4 is 5.19 Å². The molecule has 0 aliphatic rings. The molecule has 0 saturated heterocycles. The molecule has 26 heavy (non-hydrogen) atoms. The molecular weight excluding hydrogens is 398 g/mol. The lowest BCUT2D eigenvalue weighted by atomic mass is 9.94. The predicted octanol–water partition coefficient (Wildman–Crippen LogP) is 5.64. The molecule has 0 N–H and O–H groups in total. The van der Waals surface area contributed by atoms with Gasteiger partial charge in [0.2, 0.25) is 0 Å². The molecule has 0 aliphatic heterocycles. The van der Waals surface area contributed by atoms with E-state index in [-0.39, 0.29) is 0 Å². The van der Waals surface area contributed by atoms with Crippen LogP contribution >= 0.6 is 15.9 Å². The molecule has 0 bridgehead atoms. The Morgan fingerprint density at radius 1 is 0.577 bits per heavy atom. The fourth-order valence-corrected chi connectivity index (χ4v) is 4.20. The summed E-state index contributed by atoms with van der Waals surface area (Å²) >= 11 is 3.73. The van der Waals surface area contributed by atoms with Crippen molar-refractivity contribution in [3.05, 3.63) is 95.6 Å². The van der Waals surface area contributed by atoms with Gasteiger partial charge in [0.15, 0.2) is 0 Å². The monoisotopic (exact) mass is 412 g/mol. The lowest BCUT2D eigenvalue weighted by Crippen LogP contribution is -2.15. The van der Waals surface area contributed by atoms with Crippen molar-refractivity contribution >= 4 is 31.4 Å². The van der Waals surface area contributed by atoms with Crippen LogP contribution in [0.4, 0.5) is 0 Å². The Hall–Kier alpha value is -2.49. The molecule has 0 unspecified atom stereocenters. The highest BCUT2D eigenvalue weighted by Crippen LogP contribution is 2.37. The van der Waals surface area contributed by atoms with Gasteiger partial charge >= 0.3 is 0 Å². The summed E-state index contributed by atoms with van der Waals surface area (Å²) in [5.41, 5.74) is 6.50. The third-order valence-corrected chi connectivity index (χ3v) is 5.39. The average molecular weight is 413 g/mol. The van der Waals surface area contributed by atoms with E-state index in [4.69, 9.17) is 4.98 Å². The van der Waals surface area contributed by atoms with E-state index in [1.807, 2.05) is 30.3 Å². The zero-order valence-electron chi connectivity index (χ0n) is 14.0. The summed E-state index contributed by atoms with van der Waals surface area (Å²) in [4.78, 5) is 4.87. The quantitative estimate of drug-likeness (QED) is 0.313. The van der Waals surface area contributed by atoms with Gasteiger partial charge in [0.25, 0.3) is 0 Å². The van der Waals surface area contributed by atoms with Crippen molar-refractivity contribution in [1.82, 2.24) is 4.98 Å². The molecule has 0 spiro atoms. The number of hydrogen-bond donors (Lipinski definition) is 0. The summed E-state index contributed by atoms with van der Waals surface area (Å²) in [5.74, 6) is 0. The van der Waals surface area contributed by atoms with E-state index in [1.54, 1.807) is 0 Å². The van der Waals surface area contributed by atoms with Gasteiger partial charge in [-0.25, -0.2) is 4.98 Å². The van der Waals surface area contributed by atoms with Gasteiger partial charge in [-0.1, -0.05) is 91.0 Å². The molecule has 123 valence electrons. The topological polar surface area (TPSA) is 12.9 Å². The molecule has 0 saturated carbocycles. The van der Waals surface area contributed by atoms with Crippen molar-refractivity contribution in [2.75, 3.05) is 0 Å². The van der Waals surface area contributed by atoms with E-state index in [2.05, 4.69) is 86.8 Å². The Labute approximate surface area is 165 Å². The molecule has 3 radical (unpaired) electrons. The van der Waals surface area contributed by atoms with Gasteiger partial charge in [0.1, 0.15) is 4.60 Å². The first kappa shape index (κ1) is 16.9. The van der Waals surface area contributed by atoms with Crippen LogP contribution in [0.2, 0.25) is 0 Å². The fourth-order valence-electron chi connectivity index (χ4n) is 3.12. The lowest BCUT2D eigenvalue weighted by molar-refractivity contribution is 1.29. The SMILES string of the molecule is [Si]c1c(-c2ccccc2)nc(Br)c(-c2ccccc2)c1-c1ccccc1. The molecule has 0 amide bonds. The first-order valence-electron chi connectivity index (χ1n) is 8.37. The highest BCUT2D eigenvalue weighted by atomic mass is 79.9. The normalized spacial score (nSPS) is 10.7. The zero-order chi connectivity index (χ0) is 17.9. The Balaban J connectivity index is 2.06. The minimum atomic E-state index is 0.836. The molecule has 0 fully saturated rings. The molecule has 0 atom stereocenters. The molecule has 4 rings (SSSR count). The third kappa shape index (κ3) is 3.16. The number of rotatable bonds is 3. The maximum absolute atomic E-state index is 4.87. The van der Waals surface area contributed by atoms with Crippen LogP contribution in [0.3, 0.4) is 0 Å². The summed E-state index contributed by atoms with van der Waals surface area (Å²) in [6.07, 6.45) is 0. The summed E-state index contributed by atoms with van der Waals surface area (Å²) in [5, 5.41) is 0.990. The second-order valence-electron chi connectivity index (χ2n) is 5.97. The Bertz CT molecular complexity index is 1030. The van der Waals surface area contributed by atoms with Gasteiger partial charge < -0.3 is 0 Å². The van der Waals surface area contributed by atoms with E-state index in [9.17, 15) is 0 Å². The van der Waals surface area contributed by atoms with Crippen LogP contribution in [0.25, 0.3) is 33.5 Å². The van der Waals surface area contributed by atoms with Crippen molar-refractivity contribution in [2.24, 2.45) is 0 Å². The third-order valence-electron chi connectivity index (χ3n) is 4.33. The van der Waals surface area contributed by atoms with E-state index >= 15 is 0 Å². The second kappa shape index (κ2) is 7.40. The highest BCUT2D eigenvalue weighted by Gasteiger charge is 2.19. The molecular formula is C23H15BrNSi. The maximum Gasteiger partial charge on any atom is 0.115 e. The lowest BCUT2D eigenvalue weighted by Gasteiger charge is -2.18. The Kier molecular flexibility index (Phi) is 4.82. The number of benzene rings is 3. The van der Waals surface area contributed by atoms with Crippen LogP contribution in [0, 0.1) is 0 Å².